The number of hydrogen-bond acceptors (Lipinski definition) is 0. The highest BCUT2D eigenvalue weighted by atomic mass is 35.5. The molecule has 106 valence electrons. The molecule has 4 aliphatic carbocycles. The van der Waals surface area contributed by atoms with Crippen LogP contribution in [-0.4, -0.2) is 10.6 Å². The second-order valence-electron chi connectivity index (χ2n) is 7.06. The van der Waals surface area contributed by atoms with E-state index in [1.54, 1.807) is 32.1 Å². The molecule has 0 atom stereocenters. The van der Waals surface area contributed by atoms with Crippen molar-refractivity contribution >= 4 is 0 Å². The molecular weight excluding hydrogens is 256 g/mol. The normalized spacial score (nSPS) is 39.3. The monoisotopic (exact) mass is 280 g/mol. The van der Waals surface area contributed by atoms with Crippen molar-refractivity contribution in [3.8, 4) is 0 Å². The molecule has 0 amide bonds. The first-order valence-electron chi connectivity index (χ1n) is 7.73. The molecule has 0 spiro atoms. The second kappa shape index (κ2) is 5.14. The molecule has 4 saturated carbocycles. The number of hydrogen-bond donors (Lipinski definition) is 1. The Kier molecular flexibility index (Phi) is 3.65. The van der Waals surface area contributed by atoms with Crippen molar-refractivity contribution in [2.45, 2.75) is 44.7 Å². The number of nitrogens with two attached hydrogens (primary N) is 1. The summed E-state index contributed by atoms with van der Waals surface area (Å²) in [5.41, 5.74) is 1.48. The van der Waals surface area contributed by atoms with E-state index < -0.39 is 0 Å². The van der Waals surface area contributed by atoms with Gasteiger partial charge in [-0.2, -0.15) is 0 Å². The number of halogens is 1. The standard InChI is InChI=1S/C16H24N2.ClH/c1-18-4-2-3-15(18)10-17-16-13-6-11-5-12(8-13)9-14(16)7-11;/h2-4,11-14,16-17H,5-10H2,1H3;1H. The van der Waals surface area contributed by atoms with Crippen molar-refractivity contribution in [1.82, 2.24) is 4.57 Å². The molecule has 5 rings (SSSR count). The highest BCUT2D eigenvalue weighted by molar-refractivity contribution is 5.05. The first-order valence-corrected chi connectivity index (χ1v) is 7.73. The molecule has 1 aromatic heterocycles. The first kappa shape index (κ1) is 13.5. The predicted octanol–water partition coefficient (Wildman–Crippen LogP) is -1.08. The van der Waals surface area contributed by atoms with Crippen molar-refractivity contribution in [3.05, 3.63) is 24.0 Å². The minimum atomic E-state index is 0. The summed E-state index contributed by atoms with van der Waals surface area (Å²) in [6.45, 7) is 1.18. The van der Waals surface area contributed by atoms with Gasteiger partial charge in [-0.05, 0) is 56.1 Å². The van der Waals surface area contributed by atoms with Crippen LogP contribution in [0.3, 0.4) is 0 Å². The van der Waals surface area contributed by atoms with Gasteiger partial charge in [-0.1, -0.05) is 0 Å². The molecule has 2 nitrogen and oxygen atoms in total. The fraction of sp³-hybridized carbons (Fsp3) is 0.750. The van der Waals surface area contributed by atoms with E-state index in [1.807, 2.05) is 0 Å². The van der Waals surface area contributed by atoms with E-state index in [-0.39, 0.29) is 12.4 Å². The lowest BCUT2D eigenvalue weighted by Gasteiger charge is -2.52. The minimum absolute atomic E-state index is 0. The molecule has 0 radical (unpaired) electrons. The molecule has 19 heavy (non-hydrogen) atoms. The number of aryl methyl sites for hydroxylation is 1. The van der Waals surface area contributed by atoms with Gasteiger partial charge in [-0.3, -0.25) is 0 Å². The predicted molar refractivity (Wildman–Crippen MR) is 71.9 cm³/mol. The third-order valence-corrected chi connectivity index (χ3v) is 5.95. The molecule has 4 bridgehead atoms. The molecule has 0 unspecified atom stereocenters. The Hall–Kier alpha value is -0.470. The summed E-state index contributed by atoms with van der Waals surface area (Å²) in [5, 5.41) is 2.67. The van der Waals surface area contributed by atoms with E-state index in [0.29, 0.717) is 0 Å². The average molecular weight is 281 g/mol. The summed E-state index contributed by atoms with van der Waals surface area (Å²) < 4.78 is 2.27. The molecule has 1 heterocycles. The summed E-state index contributed by atoms with van der Waals surface area (Å²) >= 11 is 0. The van der Waals surface area contributed by atoms with Gasteiger partial charge in [0.05, 0.1) is 11.7 Å². The highest BCUT2D eigenvalue weighted by Gasteiger charge is 2.50. The van der Waals surface area contributed by atoms with Gasteiger partial charge in [0.25, 0.3) is 0 Å². The largest absolute Gasteiger partial charge is 1.00 e. The van der Waals surface area contributed by atoms with Crippen molar-refractivity contribution < 1.29 is 17.7 Å². The van der Waals surface area contributed by atoms with Crippen molar-refractivity contribution in [2.24, 2.45) is 30.7 Å². The van der Waals surface area contributed by atoms with E-state index in [0.717, 1.165) is 29.7 Å². The number of rotatable bonds is 3. The summed E-state index contributed by atoms with van der Waals surface area (Å²) in [4.78, 5) is 0. The van der Waals surface area contributed by atoms with E-state index in [2.05, 4.69) is 35.3 Å². The zero-order valence-corrected chi connectivity index (χ0v) is 12.5. The molecule has 0 aliphatic heterocycles. The van der Waals surface area contributed by atoms with Gasteiger partial charge >= 0.3 is 0 Å². The fourth-order valence-electron chi connectivity index (χ4n) is 5.32. The minimum Gasteiger partial charge on any atom is -1.00 e. The third-order valence-electron chi connectivity index (χ3n) is 5.95. The topological polar surface area (TPSA) is 21.5 Å². The van der Waals surface area contributed by atoms with Gasteiger partial charge < -0.3 is 22.3 Å². The van der Waals surface area contributed by atoms with Gasteiger partial charge in [0.15, 0.2) is 0 Å². The average Bonchev–Trinajstić information content (AvgIpc) is 2.73. The maximum Gasteiger partial charge on any atom is 0.117 e. The highest BCUT2D eigenvalue weighted by Crippen LogP contribution is 2.52. The van der Waals surface area contributed by atoms with Gasteiger partial charge in [0.1, 0.15) is 6.54 Å². The van der Waals surface area contributed by atoms with Crippen LogP contribution in [0, 0.1) is 23.7 Å². The van der Waals surface area contributed by atoms with Gasteiger partial charge in [0.2, 0.25) is 0 Å². The van der Waals surface area contributed by atoms with E-state index in [1.165, 1.54) is 12.2 Å². The van der Waals surface area contributed by atoms with Gasteiger partial charge in [-0.15, -0.1) is 0 Å². The lowest BCUT2D eigenvalue weighted by Crippen LogP contribution is -3.00. The molecule has 2 N–H and O–H groups in total. The van der Waals surface area contributed by atoms with Crippen LogP contribution in [0.1, 0.15) is 37.8 Å². The van der Waals surface area contributed by atoms with Crippen LogP contribution < -0.4 is 17.7 Å². The number of nitrogens with zero attached hydrogens (tertiary/aromatic N) is 1. The Morgan fingerprint density at radius 1 is 1.11 bits per heavy atom. The van der Waals surface area contributed by atoms with Crippen molar-refractivity contribution in [3.63, 3.8) is 0 Å². The Bertz CT molecular complexity index is 412. The van der Waals surface area contributed by atoms with Crippen LogP contribution in [0.25, 0.3) is 0 Å². The van der Waals surface area contributed by atoms with Crippen LogP contribution >= 0.6 is 0 Å². The molecule has 3 heteroatoms. The Morgan fingerprint density at radius 2 is 1.74 bits per heavy atom. The summed E-state index contributed by atoms with van der Waals surface area (Å²) in [7, 11) is 2.17. The maximum atomic E-state index is 2.67. The van der Waals surface area contributed by atoms with Crippen LogP contribution in [0.4, 0.5) is 0 Å². The molecule has 0 aromatic carbocycles. The lowest BCUT2D eigenvalue weighted by atomic mass is 9.54. The number of quaternary nitrogens is 1. The van der Waals surface area contributed by atoms with E-state index in [9.17, 15) is 0 Å². The zero-order chi connectivity index (χ0) is 12.1. The van der Waals surface area contributed by atoms with Gasteiger partial charge in [0, 0.05) is 25.1 Å². The lowest BCUT2D eigenvalue weighted by molar-refractivity contribution is -0.723. The van der Waals surface area contributed by atoms with Crippen LogP contribution in [-0.2, 0) is 13.6 Å². The fourth-order valence-corrected chi connectivity index (χ4v) is 5.32. The van der Waals surface area contributed by atoms with Gasteiger partial charge in [-0.25, -0.2) is 0 Å². The molecule has 1 aromatic rings. The number of aromatic nitrogens is 1. The van der Waals surface area contributed by atoms with Crippen LogP contribution in [0.15, 0.2) is 18.3 Å². The van der Waals surface area contributed by atoms with Crippen molar-refractivity contribution in [2.75, 3.05) is 0 Å². The third kappa shape index (κ3) is 2.34. The Balaban J connectivity index is 0.00000110. The Labute approximate surface area is 122 Å². The molecule has 4 fully saturated rings. The van der Waals surface area contributed by atoms with Crippen LogP contribution in [0.5, 0.6) is 0 Å². The Morgan fingerprint density at radius 3 is 2.26 bits per heavy atom. The molecule has 0 saturated heterocycles. The molecule has 4 aliphatic rings. The molecular formula is C16H25ClN2. The quantitative estimate of drug-likeness (QED) is 0.727. The first-order chi connectivity index (χ1) is 8.79. The SMILES string of the molecule is Cn1cccc1C[NH2+]C1C2CC3CC(C2)CC1C3.[Cl-]. The summed E-state index contributed by atoms with van der Waals surface area (Å²) in [6, 6.07) is 5.37. The smallest absolute Gasteiger partial charge is 0.117 e. The van der Waals surface area contributed by atoms with E-state index in [4.69, 9.17) is 0 Å². The van der Waals surface area contributed by atoms with Crippen molar-refractivity contribution in [1.29, 1.82) is 0 Å². The van der Waals surface area contributed by atoms with Crippen LogP contribution in [0.2, 0.25) is 0 Å². The zero-order valence-electron chi connectivity index (χ0n) is 11.8. The second-order valence-corrected chi connectivity index (χ2v) is 7.06. The summed E-state index contributed by atoms with van der Waals surface area (Å²) in [6.07, 6.45) is 9.91. The van der Waals surface area contributed by atoms with E-state index >= 15 is 0 Å². The maximum absolute atomic E-state index is 2.67. The summed E-state index contributed by atoms with van der Waals surface area (Å²) in [5.74, 6) is 4.29.